The second kappa shape index (κ2) is 6.36. The van der Waals surface area contributed by atoms with Crippen LogP contribution in [0, 0.1) is 0 Å². The van der Waals surface area contributed by atoms with E-state index < -0.39 is 10.0 Å². The van der Waals surface area contributed by atoms with E-state index in [2.05, 4.69) is 25.3 Å². The molecular formula is C9H17N5O2S. The first-order valence-electron chi connectivity index (χ1n) is 5.28. The molecule has 0 fully saturated rings. The number of sulfonamides is 1. The van der Waals surface area contributed by atoms with Gasteiger partial charge in [0.15, 0.2) is 0 Å². The monoisotopic (exact) mass is 259 g/mol. The molecule has 0 aliphatic heterocycles. The minimum atomic E-state index is -3.19. The predicted molar refractivity (Wildman–Crippen MR) is 67.5 cm³/mol. The van der Waals surface area contributed by atoms with E-state index in [1.165, 1.54) is 7.05 Å². The van der Waals surface area contributed by atoms with Gasteiger partial charge in [-0.1, -0.05) is 0 Å². The lowest BCUT2D eigenvalue weighted by molar-refractivity contribution is 0.588. The van der Waals surface area contributed by atoms with Gasteiger partial charge in [0.25, 0.3) is 0 Å². The SMILES string of the molecule is CCNc1cncc(NCCS(=O)(=O)NC)n1. The van der Waals surface area contributed by atoms with Gasteiger partial charge in [0, 0.05) is 13.1 Å². The highest BCUT2D eigenvalue weighted by atomic mass is 32.2. The molecule has 8 heteroatoms. The van der Waals surface area contributed by atoms with Gasteiger partial charge in [0.05, 0.1) is 18.1 Å². The van der Waals surface area contributed by atoms with Gasteiger partial charge in [-0.15, -0.1) is 0 Å². The van der Waals surface area contributed by atoms with Crippen molar-refractivity contribution in [1.82, 2.24) is 14.7 Å². The van der Waals surface area contributed by atoms with Gasteiger partial charge in [-0.05, 0) is 14.0 Å². The molecule has 96 valence electrons. The van der Waals surface area contributed by atoms with E-state index in [0.29, 0.717) is 11.6 Å². The summed E-state index contributed by atoms with van der Waals surface area (Å²) in [6, 6.07) is 0. The van der Waals surface area contributed by atoms with Crippen molar-refractivity contribution in [1.29, 1.82) is 0 Å². The third-order valence-electron chi connectivity index (χ3n) is 1.98. The molecule has 0 saturated carbocycles. The lowest BCUT2D eigenvalue weighted by Crippen LogP contribution is -2.26. The average Bonchev–Trinajstić information content (AvgIpc) is 2.30. The second-order valence-electron chi connectivity index (χ2n) is 3.27. The summed E-state index contributed by atoms with van der Waals surface area (Å²) in [4.78, 5) is 8.19. The van der Waals surface area contributed by atoms with Crippen LogP contribution in [0.4, 0.5) is 11.6 Å². The van der Waals surface area contributed by atoms with Crippen LogP contribution in [0.2, 0.25) is 0 Å². The molecule has 1 heterocycles. The molecular weight excluding hydrogens is 242 g/mol. The van der Waals surface area contributed by atoms with Crippen molar-refractivity contribution < 1.29 is 8.42 Å². The molecule has 3 N–H and O–H groups in total. The number of nitrogens with zero attached hydrogens (tertiary/aromatic N) is 2. The Labute approximate surface area is 101 Å². The van der Waals surface area contributed by atoms with E-state index in [1.54, 1.807) is 12.4 Å². The Hall–Kier alpha value is -1.41. The summed E-state index contributed by atoms with van der Waals surface area (Å²) >= 11 is 0. The molecule has 0 atom stereocenters. The normalized spacial score (nSPS) is 11.2. The first-order valence-corrected chi connectivity index (χ1v) is 6.93. The fourth-order valence-electron chi connectivity index (χ4n) is 1.13. The number of aromatic nitrogens is 2. The van der Waals surface area contributed by atoms with Gasteiger partial charge in [0.2, 0.25) is 10.0 Å². The number of anilines is 2. The Morgan fingerprint density at radius 1 is 1.24 bits per heavy atom. The van der Waals surface area contributed by atoms with Crippen LogP contribution >= 0.6 is 0 Å². The van der Waals surface area contributed by atoms with E-state index >= 15 is 0 Å². The predicted octanol–water partition coefficient (Wildman–Crippen LogP) is -0.131. The average molecular weight is 259 g/mol. The minimum Gasteiger partial charge on any atom is -0.369 e. The lowest BCUT2D eigenvalue weighted by Gasteiger charge is -2.07. The highest BCUT2D eigenvalue weighted by Gasteiger charge is 2.06. The molecule has 1 rings (SSSR count). The van der Waals surface area contributed by atoms with Crippen LogP contribution in [0.5, 0.6) is 0 Å². The van der Waals surface area contributed by atoms with Crippen LogP contribution < -0.4 is 15.4 Å². The Kier molecular flexibility index (Phi) is 5.11. The molecule has 0 saturated heterocycles. The molecule has 17 heavy (non-hydrogen) atoms. The highest BCUT2D eigenvalue weighted by Crippen LogP contribution is 2.05. The molecule has 1 aromatic rings. The number of nitrogens with one attached hydrogen (secondary N) is 3. The quantitative estimate of drug-likeness (QED) is 0.631. The summed E-state index contributed by atoms with van der Waals surface area (Å²) in [7, 11) is -1.80. The standard InChI is InChI=1S/C9H17N5O2S/c1-3-12-8-6-11-7-9(14-8)13-4-5-17(15,16)10-2/h6-7,10H,3-5H2,1-2H3,(H2,12,13,14). The fourth-order valence-corrected chi connectivity index (χ4v) is 1.71. The highest BCUT2D eigenvalue weighted by molar-refractivity contribution is 7.89. The number of rotatable bonds is 7. The van der Waals surface area contributed by atoms with Gasteiger partial charge < -0.3 is 10.6 Å². The number of hydrogen-bond acceptors (Lipinski definition) is 6. The lowest BCUT2D eigenvalue weighted by atomic mass is 10.5. The van der Waals surface area contributed by atoms with Crippen molar-refractivity contribution >= 4 is 21.7 Å². The zero-order chi connectivity index (χ0) is 12.7. The summed E-state index contributed by atoms with van der Waals surface area (Å²) in [6.07, 6.45) is 3.16. The molecule has 0 radical (unpaired) electrons. The summed E-state index contributed by atoms with van der Waals surface area (Å²) in [5.74, 6) is 1.21. The summed E-state index contributed by atoms with van der Waals surface area (Å²) in [6.45, 7) is 3.00. The van der Waals surface area contributed by atoms with E-state index in [9.17, 15) is 8.42 Å². The van der Waals surface area contributed by atoms with Crippen molar-refractivity contribution in [2.75, 3.05) is 36.5 Å². The van der Waals surface area contributed by atoms with Crippen molar-refractivity contribution in [3.63, 3.8) is 0 Å². The zero-order valence-electron chi connectivity index (χ0n) is 9.90. The fraction of sp³-hybridized carbons (Fsp3) is 0.556. The maximum Gasteiger partial charge on any atom is 0.213 e. The van der Waals surface area contributed by atoms with Crippen molar-refractivity contribution in [3.8, 4) is 0 Å². The molecule has 0 spiro atoms. The number of hydrogen-bond donors (Lipinski definition) is 3. The van der Waals surface area contributed by atoms with Crippen LogP contribution in [0.15, 0.2) is 12.4 Å². The van der Waals surface area contributed by atoms with Crippen molar-refractivity contribution in [2.45, 2.75) is 6.92 Å². The maximum atomic E-state index is 11.2. The molecule has 7 nitrogen and oxygen atoms in total. The van der Waals surface area contributed by atoms with Crippen molar-refractivity contribution in [3.05, 3.63) is 12.4 Å². The third kappa shape index (κ3) is 4.96. The van der Waals surface area contributed by atoms with E-state index in [0.717, 1.165) is 6.54 Å². The zero-order valence-corrected chi connectivity index (χ0v) is 10.7. The first kappa shape index (κ1) is 13.7. The maximum absolute atomic E-state index is 11.2. The molecule has 0 aromatic carbocycles. The molecule has 1 aromatic heterocycles. The molecule has 0 bridgehead atoms. The van der Waals surface area contributed by atoms with Gasteiger partial charge in [-0.3, -0.25) is 4.98 Å². The molecule has 0 unspecified atom stereocenters. The van der Waals surface area contributed by atoms with Gasteiger partial charge in [-0.25, -0.2) is 18.1 Å². The Morgan fingerprint density at radius 3 is 2.47 bits per heavy atom. The van der Waals surface area contributed by atoms with Crippen LogP contribution in [0.25, 0.3) is 0 Å². The van der Waals surface area contributed by atoms with E-state index in [-0.39, 0.29) is 12.3 Å². The molecule has 0 amide bonds. The third-order valence-corrected chi connectivity index (χ3v) is 3.34. The first-order chi connectivity index (χ1) is 8.07. The van der Waals surface area contributed by atoms with Gasteiger partial charge in [-0.2, -0.15) is 0 Å². The van der Waals surface area contributed by atoms with Crippen LogP contribution in [-0.4, -0.2) is 44.3 Å². The topological polar surface area (TPSA) is 96.0 Å². The van der Waals surface area contributed by atoms with Crippen LogP contribution in [-0.2, 0) is 10.0 Å². The van der Waals surface area contributed by atoms with Crippen molar-refractivity contribution in [2.24, 2.45) is 0 Å². The molecule has 0 aliphatic carbocycles. The largest absolute Gasteiger partial charge is 0.369 e. The summed E-state index contributed by atoms with van der Waals surface area (Å²) in [5.41, 5.74) is 0. The Balaban J connectivity index is 2.49. The van der Waals surface area contributed by atoms with Gasteiger partial charge in [0.1, 0.15) is 11.6 Å². The van der Waals surface area contributed by atoms with E-state index in [4.69, 9.17) is 0 Å². The minimum absolute atomic E-state index is 0.00336. The van der Waals surface area contributed by atoms with Gasteiger partial charge >= 0.3 is 0 Å². The van der Waals surface area contributed by atoms with Crippen LogP contribution in [0.1, 0.15) is 6.92 Å². The summed E-state index contributed by atoms with van der Waals surface area (Å²) in [5, 5.41) is 5.92. The second-order valence-corrected chi connectivity index (χ2v) is 5.32. The Morgan fingerprint density at radius 2 is 1.88 bits per heavy atom. The summed E-state index contributed by atoms with van der Waals surface area (Å²) < 4.78 is 24.6. The Bertz CT molecular complexity index is 448. The van der Waals surface area contributed by atoms with Crippen LogP contribution in [0.3, 0.4) is 0 Å². The smallest absolute Gasteiger partial charge is 0.213 e. The van der Waals surface area contributed by atoms with E-state index in [1.807, 2.05) is 6.92 Å². The molecule has 0 aliphatic rings.